The van der Waals surface area contributed by atoms with E-state index < -0.39 is 23.4 Å². The fourth-order valence-corrected chi connectivity index (χ4v) is 2.59. The molecule has 1 atom stereocenters. The second kappa shape index (κ2) is 6.03. The third-order valence-electron chi connectivity index (χ3n) is 3.44. The van der Waals surface area contributed by atoms with Crippen molar-refractivity contribution in [3.8, 4) is 0 Å². The highest BCUT2D eigenvalue weighted by atomic mass is 19.4. The molecule has 0 saturated heterocycles. The van der Waals surface area contributed by atoms with Gasteiger partial charge in [-0.3, -0.25) is 4.90 Å². The minimum Gasteiger partial charge on any atom is -0.443 e. The van der Waals surface area contributed by atoms with Crippen molar-refractivity contribution >= 4 is 11.8 Å². The standard InChI is InChI=1S/C16H20F3NO3/c1-15(2,3)23-14(21)20-12(9-22-4)8-10-7-11(16(17,18)19)5-6-13(10)20/h5-7,12H,8-9H2,1-4H3/t12-/m0/s1. The smallest absolute Gasteiger partial charge is 0.416 e. The zero-order chi connectivity index (χ0) is 17.4. The monoisotopic (exact) mass is 331 g/mol. The van der Waals surface area contributed by atoms with Gasteiger partial charge in [-0.2, -0.15) is 13.2 Å². The van der Waals surface area contributed by atoms with Crippen molar-refractivity contribution in [1.29, 1.82) is 0 Å². The molecule has 0 aliphatic carbocycles. The Morgan fingerprint density at radius 2 is 1.96 bits per heavy atom. The summed E-state index contributed by atoms with van der Waals surface area (Å²) >= 11 is 0. The minimum absolute atomic E-state index is 0.218. The molecule has 0 fully saturated rings. The van der Waals surface area contributed by atoms with Crippen LogP contribution >= 0.6 is 0 Å². The zero-order valence-corrected chi connectivity index (χ0v) is 13.5. The van der Waals surface area contributed by atoms with E-state index in [9.17, 15) is 18.0 Å². The number of halogens is 3. The maximum absolute atomic E-state index is 12.8. The highest BCUT2D eigenvalue weighted by molar-refractivity contribution is 5.91. The molecule has 1 aromatic rings. The van der Waals surface area contributed by atoms with E-state index in [1.54, 1.807) is 20.8 Å². The number of carbonyl (C=O) groups excluding carboxylic acids is 1. The first-order valence-corrected chi connectivity index (χ1v) is 7.24. The number of hydrogen-bond donors (Lipinski definition) is 0. The molecule has 0 aromatic heterocycles. The quantitative estimate of drug-likeness (QED) is 0.822. The topological polar surface area (TPSA) is 38.8 Å². The molecule has 0 unspecified atom stereocenters. The number of anilines is 1. The van der Waals surface area contributed by atoms with Crippen LogP contribution in [0, 0.1) is 0 Å². The maximum Gasteiger partial charge on any atom is 0.416 e. The fraction of sp³-hybridized carbons (Fsp3) is 0.562. The molecule has 0 radical (unpaired) electrons. The molecule has 1 aromatic carbocycles. The molecule has 2 rings (SSSR count). The van der Waals surface area contributed by atoms with Gasteiger partial charge in [-0.1, -0.05) is 0 Å². The molecule has 1 amide bonds. The van der Waals surface area contributed by atoms with Crippen LogP contribution in [0.1, 0.15) is 31.9 Å². The van der Waals surface area contributed by atoms with Gasteiger partial charge in [-0.05, 0) is 51.0 Å². The largest absolute Gasteiger partial charge is 0.443 e. The van der Waals surface area contributed by atoms with Crippen molar-refractivity contribution in [2.24, 2.45) is 0 Å². The molecule has 0 bridgehead atoms. The molecule has 128 valence electrons. The van der Waals surface area contributed by atoms with Crippen LogP contribution in [-0.4, -0.2) is 31.5 Å². The minimum atomic E-state index is -4.41. The van der Waals surface area contributed by atoms with E-state index in [0.717, 1.165) is 12.1 Å². The van der Waals surface area contributed by atoms with Crippen LogP contribution < -0.4 is 4.90 Å². The highest BCUT2D eigenvalue weighted by Gasteiger charge is 2.39. The number of methoxy groups -OCH3 is 1. The highest BCUT2D eigenvalue weighted by Crippen LogP contribution is 2.38. The molecule has 7 heteroatoms. The number of ether oxygens (including phenoxy) is 2. The van der Waals surface area contributed by atoms with Crippen LogP contribution in [0.25, 0.3) is 0 Å². The molecule has 1 heterocycles. The Morgan fingerprint density at radius 1 is 1.30 bits per heavy atom. The number of nitrogens with zero attached hydrogens (tertiary/aromatic N) is 1. The third-order valence-corrected chi connectivity index (χ3v) is 3.44. The van der Waals surface area contributed by atoms with Gasteiger partial charge in [0.2, 0.25) is 0 Å². The second-order valence-electron chi connectivity index (χ2n) is 6.50. The van der Waals surface area contributed by atoms with Gasteiger partial charge in [0, 0.05) is 7.11 Å². The summed E-state index contributed by atoms with van der Waals surface area (Å²) < 4.78 is 49.0. The number of benzene rings is 1. The number of rotatable bonds is 2. The van der Waals surface area contributed by atoms with Crippen LogP contribution in [-0.2, 0) is 22.1 Å². The van der Waals surface area contributed by atoms with E-state index in [2.05, 4.69) is 0 Å². The van der Waals surface area contributed by atoms with E-state index in [1.165, 1.54) is 18.1 Å². The molecule has 0 N–H and O–H groups in total. The maximum atomic E-state index is 12.8. The third kappa shape index (κ3) is 3.96. The Balaban J connectivity index is 2.36. The predicted octanol–water partition coefficient (Wildman–Crippen LogP) is 4.02. The van der Waals surface area contributed by atoms with Crippen LogP contribution in [0.5, 0.6) is 0 Å². The molecular weight excluding hydrogens is 311 g/mol. The van der Waals surface area contributed by atoms with Gasteiger partial charge in [0.05, 0.1) is 23.9 Å². The van der Waals surface area contributed by atoms with Crippen LogP contribution in [0.4, 0.5) is 23.7 Å². The Hall–Kier alpha value is -1.76. The number of amides is 1. The van der Waals surface area contributed by atoms with Gasteiger partial charge in [-0.25, -0.2) is 4.79 Å². The van der Waals surface area contributed by atoms with Gasteiger partial charge in [0.15, 0.2) is 0 Å². The van der Waals surface area contributed by atoms with Gasteiger partial charge in [-0.15, -0.1) is 0 Å². The van der Waals surface area contributed by atoms with Crippen LogP contribution in [0.2, 0.25) is 0 Å². The first kappa shape index (κ1) is 17.6. The van der Waals surface area contributed by atoms with E-state index in [0.29, 0.717) is 17.7 Å². The van der Waals surface area contributed by atoms with Crippen molar-refractivity contribution in [3.05, 3.63) is 29.3 Å². The Labute approximate surface area is 133 Å². The average Bonchev–Trinajstić information content (AvgIpc) is 2.72. The molecule has 1 aliphatic heterocycles. The summed E-state index contributed by atoms with van der Waals surface area (Å²) in [4.78, 5) is 13.8. The fourth-order valence-electron chi connectivity index (χ4n) is 2.59. The number of hydrogen-bond acceptors (Lipinski definition) is 3. The van der Waals surface area contributed by atoms with E-state index in [1.807, 2.05) is 0 Å². The molecular formula is C16H20F3NO3. The lowest BCUT2D eigenvalue weighted by Gasteiger charge is -2.28. The van der Waals surface area contributed by atoms with Crippen molar-refractivity contribution < 1.29 is 27.4 Å². The van der Waals surface area contributed by atoms with Crippen LogP contribution in [0.15, 0.2) is 18.2 Å². The average molecular weight is 331 g/mol. The first-order chi connectivity index (χ1) is 10.5. The molecule has 23 heavy (non-hydrogen) atoms. The molecule has 0 spiro atoms. The number of fused-ring (bicyclic) bond motifs is 1. The van der Waals surface area contributed by atoms with Crippen molar-refractivity contribution in [2.45, 2.75) is 45.0 Å². The normalized spacial score (nSPS) is 18.0. The van der Waals surface area contributed by atoms with Crippen molar-refractivity contribution in [3.63, 3.8) is 0 Å². The lowest BCUT2D eigenvalue weighted by Crippen LogP contribution is -2.43. The van der Waals surface area contributed by atoms with E-state index in [4.69, 9.17) is 9.47 Å². The summed E-state index contributed by atoms with van der Waals surface area (Å²) in [7, 11) is 1.48. The van der Waals surface area contributed by atoms with E-state index in [-0.39, 0.29) is 12.6 Å². The Bertz CT molecular complexity index is 593. The predicted molar refractivity (Wildman–Crippen MR) is 79.5 cm³/mol. The molecule has 1 aliphatic rings. The first-order valence-electron chi connectivity index (χ1n) is 7.24. The lowest BCUT2D eigenvalue weighted by molar-refractivity contribution is -0.137. The van der Waals surface area contributed by atoms with Gasteiger partial charge in [0.25, 0.3) is 0 Å². The van der Waals surface area contributed by atoms with Crippen molar-refractivity contribution in [2.75, 3.05) is 18.6 Å². The van der Waals surface area contributed by atoms with E-state index >= 15 is 0 Å². The molecule has 4 nitrogen and oxygen atoms in total. The van der Waals surface area contributed by atoms with Crippen molar-refractivity contribution in [1.82, 2.24) is 0 Å². The number of carbonyl (C=O) groups is 1. The number of alkyl halides is 3. The SMILES string of the molecule is COC[C@@H]1Cc2cc(C(F)(F)F)ccc2N1C(=O)OC(C)(C)C. The van der Waals surface area contributed by atoms with Gasteiger partial charge in [0.1, 0.15) is 5.60 Å². The van der Waals surface area contributed by atoms with Gasteiger partial charge >= 0.3 is 12.3 Å². The lowest BCUT2D eigenvalue weighted by atomic mass is 10.1. The van der Waals surface area contributed by atoms with Crippen LogP contribution in [0.3, 0.4) is 0 Å². The molecule has 0 saturated carbocycles. The summed E-state index contributed by atoms with van der Waals surface area (Å²) in [6.07, 6.45) is -4.70. The Morgan fingerprint density at radius 3 is 2.48 bits per heavy atom. The second-order valence-corrected chi connectivity index (χ2v) is 6.50. The summed E-state index contributed by atoms with van der Waals surface area (Å²) in [5.74, 6) is 0. The summed E-state index contributed by atoms with van der Waals surface area (Å²) in [5, 5.41) is 0. The summed E-state index contributed by atoms with van der Waals surface area (Å²) in [5.41, 5.74) is -0.510. The summed E-state index contributed by atoms with van der Waals surface area (Å²) in [6.45, 7) is 5.43. The van der Waals surface area contributed by atoms with Gasteiger partial charge < -0.3 is 9.47 Å². The Kier molecular flexibility index (Phi) is 4.61. The summed E-state index contributed by atoms with van der Waals surface area (Å²) in [6, 6.07) is 3.00. The zero-order valence-electron chi connectivity index (χ0n) is 13.5.